The lowest BCUT2D eigenvalue weighted by molar-refractivity contribution is 0.834. The molecule has 0 bridgehead atoms. The van der Waals surface area contributed by atoms with Crippen molar-refractivity contribution in [2.75, 3.05) is 0 Å². The van der Waals surface area contributed by atoms with Crippen LogP contribution in [-0.2, 0) is 0 Å². The lowest BCUT2D eigenvalue weighted by Gasteiger charge is -2.04. The van der Waals surface area contributed by atoms with E-state index < -0.39 is 0 Å². The average Bonchev–Trinajstić information content (AvgIpc) is 2.87. The van der Waals surface area contributed by atoms with Crippen molar-refractivity contribution >= 4 is 28.2 Å². The molecule has 2 aromatic rings. The number of rotatable bonds is 3. The minimum Gasteiger partial charge on any atom is -0.144 e. The van der Waals surface area contributed by atoms with Crippen LogP contribution in [0.15, 0.2) is 41.1 Å². The van der Waals surface area contributed by atoms with Crippen molar-refractivity contribution < 1.29 is 0 Å². The van der Waals surface area contributed by atoms with Gasteiger partial charge in [0.1, 0.15) is 0 Å². The Hall–Kier alpha value is -0.860. The van der Waals surface area contributed by atoms with Gasteiger partial charge in [-0.05, 0) is 28.8 Å². The van der Waals surface area contributed by atoms with Crippen molar-refractivity contribution in [3.05, 3.63) is 50.9 Å². The molecular weight excluding hydrogens is 220 g/mol. The van der Waals surface area contributed by atoms with Crippen molar-refractivity contribution in [2.45, 2.75) is 13.8 Å². The highest BCUT2D eigenvalue weighted by atomic mass is 32.1. The lowest BCUT2D eigenvalue weighted by atomic mass is 10.1. The van der Waals surface area contributed by atoms with Gasteiger partial charge in [0.25, 0.3) is 0 Å². The first-order valence-electron chi connectivity index (χ1n) is 5.07. The highest BCUT2D eigenvalue weighted by Crippen LogP contribution is 2.31. The Bertz CT molecular complexity index is 383. The van der Waals surface area contributed by atoms with E-state index in [2.05, 4.69) is 54.9 Å². The summed E-state index contributed by atoms with van der Waals surface area (Å²) in [5, 5.41) is 4.27. The highest BCUT2D eigenvalue weighted by molar-refractivity contribution is 7.13. The molecule has 0 aliphatic rings. The largest absolute Gasteiger partial charge is 0.144 e. The second-order valence-electron chi connectivity index (χ2n) is 3.78. The normalized spacial score (nSPS) is 10.6. The van der Waals surface area contributed by atoms with Gasteiger partial charge < -0.3 is 0 Å². The van der Waals surface area contributed by atoms with Gasteiger partial charge in [0.05, 0.1) is 0 Å². The van der Waals surface area contributed by atoms with Crippen LogP contribution in [-0.4, -0.2) is 0 Å². The predicted octanol–water partition coefficient (Wildman–Crippen LogP) is 4.90. The van der Waals surface area contributed by atoms with E-state index >= 15 is 0 Å². The Balaban J connectivity index is 2.42. The summed E-state index contributed by atoms with van der Waals surface area (Å²) in [6.07, 6.45) is 2.34. The van der Waals surface area contributed by atoms with Gasteiger partial charge in [0.15, 0.2) is 0 Å². The molecule has 2 rings (SSSR count). The molecule has 0 aliphatic carbocycles. The highest BCUT2D eigenvalue weighted by Gasteiger charge is 2.07. The maximum atomic E-state index is 2.34. The quantitative estimate of drug-likeness (QED) is 0.708. The summed E-state index contributed by atoms with van der Waals surface area (Å²) in [6.45, 7) is 4.45. The monoisotopic (exact) mass is 234 g/mol. The van der Waals surface area contributed by atoms with Crippen LogP contribution in [0, 0.1) is 5.92 Å². The zero-order valence-corrected chi connectivity index (χ0v) is 10.6. The van der Waals surface area contributed by atoms with E-state index in [1.807, 2.05) is 22.7 Å². The first kappa shape index (κ1) is 10.7. The first-order chi connectivity index (χ1) is 7.27. The molecule has 0 aromatic carbocycles. The summed E-state index contributed by atoms with van der Waals surface area (Å²) >= 11 is 3.62. The van der Waals surface area contributed by atoms with E-state index in [9.17, 15) is 0 Å². The first-order valence-corrected chi connectivity index (χ1v) is 6.83. The maximum absolute atomic E-state index is 2.34. The summed E-state index contributed by atoms with van der Waals surface area (Å²) < 4.78 is 0. The van der Waals surface area contributed by atoms with E-state index in [0.717, 1.165) is 0 Å². The van der Waals surface area contributed by atoms with Gasteiger partial charge in [0, 0.05) is 15.3 Å². The van der Waals surface area contributed by atoms with Crippen LogP contribution in [0.4, 0.5) is 0 Å². The van der Waals surface area contributed by atoms with Gasteiger partial charge in [-0.15, -0.1) is 22.7 Å². The van der Waals surface area contributed by atoms with Crippen molar-refractivity contribution in [3.8, 4) is 0 Å². The molecule has 0 radical (unpaired) electrons. The number of hydrogen-bond acceptors (Lipinski definition) is 2. The third-order valence-corrected chi connectivity index (χ3v) is 3.88. The molecular formula is C13H14S2. The summed E-state index contributed by atoms with van der Waals surface area (Å²) in [4.78, 5) is 2.73. The predicted molar refractivity (Wildman–Crippen MR) is 70.6 cm³/mol. The Morgan fingerprint density at radius 1 is 1.07 bits per heavy atom. The van der Waals surface area contributed by atoms with E-state index in [4.69, 9.17) is 0 Å². The molecule has 2 heteroatoms. The summed E-state index contributed by atoms with van der Waals surface area (Å²) in [5.41, 5.74) is 1.38. The van der Waals surface area contributed by atoms with Gasteiger partial charge in [-0.25, -0.2) is 0 Å². The molecule has 2 heterocycles. The minimum absolute atomic E-state index is 0.587. The fraction of sp³-hybridized carbons (Fsp3) is 0.231. The molecule has 0 N–H and O–H groups in total. The minimum atomic E-state index is 0.587. The molecule has 0 spiro atoms. The number of thiophene rings is 2. The van der Waals surface area contributed by atoms with Crippen LogP contribution in [0.3, 0.4) is 0 Å². The van der Waals surface area contributed by atoms with E-state index in [-0.39, 0.29) is 0 Å². The molecule has 0 nitrogen and oxygen atoms in total. The van der Waals surface area contributed by atoms with E-state index in [0.29, 0.717) is 5.92 Å². The molecule has 0 fully saturated rings. The summed E-state index contributed by atoms with van der Waals surface area (Å²) in [6, 6.07) is 8.61. The van der Waals surface area contributed by atoms with Crippen LogP contribution >= 0.6 is 22.7 Å². The third-order valence-electron chi connectivity index (χ3n) is 2.07. The van der Waals surface area contributed by atoms with Crippen LogP contribution in [0.2, 0.25) is 0 Å². The van der Waals surface area contributed by atoms with Crippen molar-refractivity contribution in [2.24, 2.45) is 5.92 Å². The smallest absolute Gasteiger partial charge is 0.0353 e. The molecule has 0 saturated heterocycles. The second kappa shape index (κ2) is 4.77. The van der Waals surface area contributed by atoms with Gasteiger partial charge in [0.2, 0.25) is 0 Å². The van der Waals surface area contributed by atoms with E-state index in [1.165, 1.54) is 15.3 Å². The summed E-state index contributed by atoms with van der Waals surface area (Å²) in [5.74, 6) is 0.587. The Kier molecular flexibility index (Phi) is 3.39. The fourth-order valence-electron chi connectivity index (χ4n) is 1.48. The molecule has 0 amide bonds. The van der Waals surface area contributed by atoms with Crippen molar-refractivity contribution in [3.63, 3.8) is 0 Å². The van der Waals surface area contributed by atoms with Gasteiger partial charge in [-0.1, -0.05) is 32.1 Å². The Labute approximate surface area is 98.9 Å². The Morgan fingerprint density at radius 2 is 1.60 bits per heavy atom. The summed E-state index contributed by atoms with van der Waals surface area (Å²) in [7, 11) is 0. The maximum Gasteiger partial charge on any atom is 0.0353 e. The van der Waals surface area contributed by atoms with Crippen LogP contribution in [0.25, 0.3) is 5.57 Å². The van der Waals surface area contributed by atoms with Crippen LogP contribution in [0.1, 0.15) is 23.6 Å². The number of allylic oxidation sites excluding steroid dienone is 1. The van der Waals surface area contributed by atoms with E-state index in [1.54, 1.807) is 0 Å². The Morgan fingerprint density at radius 3 is 1.93 bits per heavy atom. The molecule has 2 aromatic heterocycles. The standard InChI is InChI=1S/C13H14S2/c1-10(2)9-11(12-5-3-7-14-12)13-6-4-8-15-13/h3-10H,1-2H3. The second-order valence-corrected chi connectivity index (χ2v) is 5.67. The molecule has 15 heavy (non-hydrogen) atoms. The zero-order chi connectivity index (χ0) is 10.7. The van der Waals surface area contributed by atoms with Crippen LogP contribution in [0.5, 0.6) is 0 Å². The third kappa shape index (κ3) is 2.58. The van der Waals surface area contributed by atoms with Gasteiger partial charge in [-0.2, -0.15) is 0 Å². The van der Waals surface area contributed by atoms with Gasteiger partial charge >= 0.3 is 0 Å². The van der Waals surface area contributed by atoms with Gasteiger partial charge in [-0.3, -0.25) is 0 Å². The van der Waals surface area contributed by atoms with Crippen molar-refractivity contribution in [1.29, 1.82) is 0 Å². The van der Waals surface area contributed by atoms with Crippen molar-refractivity contribution in [1.82, 2.24) is 0 Å². The average molecular weight is 234 g/mol. The SMILES string of the molecule is CC(C)C=C(c1cccs1)c1cccs1. The molecule has 0 unspecified atom stereocenters. The fourth-order valence-corrected chi connectivity index (χ4v) is 3.08. The zero-order valence-electron chi connectivity index (χ0n) is 8.94. The molecule has 78 valence electrons. The van der Waals surface area contributed by atoms with Crippen LogP contribution < -0.4 is 0 Å². The molecule has 0 atom stereocenters. The lowest BCUT2D eigenvalue weighted by Crippen LogP contribution is -1.85. The molecule has 0 aliphatic heterocycles. The molecule has 0 saturated carbocycles. The number of hydrogen-bond donors (Lipinski definition) is 0. The topological polar surface area (TPSA) is 0 Å².